The molecule has 1 atom stereocenters. The quantitative estimate of drug-likeness (QED) is 0.808. The highest BCUT2D eigenvalue weighted by molar-refractivity contribution is 5.79. The van der Waals surface area contributed by atoms with Gasteiger partial charge in [0.15, 0.2) is 0 Å². The lowest BCUT2D eigenvalue weighted by Crippen LogP contribution is -2.33. The van der Waals surface area contributed by atoms with E-state index >= 15 is 0 Å². The minimum Gasteiger partial charge on any atom is -0.492 e. The Labute approximate surface area is 115 Å². The number of fused-ring (bicyclic) bond motifs is 1. The zero-order valence-electron chi connectivity index (χ0n) is 11.9. The third-order valence-corrected chi connectivity index (χ3v) is 3.41. The van der Waals surface area contributed by atoms with Crippen LogP contribution in [0, 0.1) is 5.92 Å². The second kappa shape index (κ2) is 6.53. The van der Waals surface area contributed by atoms with Gasteiger partial charge >= 0.3 is 0 Å². The monoisotopic (exact) mass is 258 g/mol. The Balaban J connectivity index is 1.85. The molecule has 0 aliphatic carbocycles. The van der Waals surface area contributed by atoms with Crippen molar-refractivity contribution in [2.75, 3.05) is 13.2 Å². The van der Waals surface area contributed by atoms with Crippen molar-refractivity contribution in [2.45, 2.75) is 26.8 Å². The molecule has 0 saturated heterocycles. The Morgan fingerprint density at radius 3 is 2.84 bits per heavy atom. The highest BCUT2D eigenvalue weighted by Gasteiger charge is 2.05. The Morgan fingerprint density at radius 2 is 2.05 bits per heavy atom. The van der Waals surface area contributed by atoms with Gasteiger partial charge in [-0.3, -0.25) is 4.98 Å². The van der Waals surface area contributed by atoms with E-state index in [1.807, 2.05) is 24.3 Å². The van der Waals surface area contributed by atoms with Crippen molar-refractivity contribution in [3.05, 3.63) is 36.5 Å². The van der Waals surface area contributed by atoms with E-state index < -0.39 is 0 Å². The van der Waals surface area contributed by atoms with Crippen LogP contribution in [0.4, 0.5) is 0 Å². The Bertz CT molecular complexity index is 525. The molecule has 102 valence electrons. The highest BCUT2D eigenvalue weighted by Crippen LogP contribution is 2.18. The summed E-state index contributed by atoms with van der Waals surface area (Å²) < 4.78 is 5.74. The molecule has 1 N–H and O–H groups in total. The standard InChI is InChI=1S/C16H22N2O/c1-12(2)13(3)17-9-10-19-15-7-6-14-5-4-8-18-16(14)11-15/h4-8,11-13,17H,9-10H2,1-3H3. The molecular formula is C16H22N2O. The number of hydrogen-bond donors (Lipinski definition) is 1. The number of aromatic nitrogens is 1. The average Bonchev–Trinajstić information content (AvgIpc) is 2.43. The zero-order valence-corrected chi connectivity index (χ0v) is 11.9. The van der Waals surface area contributed by atoms with Crippen LogP contribution < -0.4 is 10.1 Å². The van der Waals surface area contributed by atoms with Gasteiger partial charge in [-0.05, 0) is 31.0 Å². The second-order valence-electron chi connectivity index (χ2n) is 5.19. The molecule has 1 heterocycles. The van der Waals surface area contributed by atoms with Gasteiger partial charge < -0.3 is 10.1 Å². The molecule has 0 fully saturated rings. The highest BCUT2D eigenvalue weighted by atomic mass is 16.5. The number of ether oxygens (including phenoxy) is 1. The van der Waals surface area contributed by atoms with Gasteiger partial charge in [0, 0.05) is 30.2 Å². The fraction of sp³-hybridized carbons (Fsp3) is 0.438. The zero-order chi connectivity index (χ0) is 13.7. The average molecular weight is 258 g/mol. The van der Waals surface area contributed by atoms with E-state index in [9.17, 15) is 0 Å². The molecule has 2 aromatic rings. The first-order valence-corrected chi connectivity index (χ1v) is 6.88. The third-order valence-electron chi connectivity index (χ3n) is 3.41. The van der Waals surface area contributed by atoms with Crippen molar-refractivity contribution in [1.82, 2.24) is 10.3 Å². The summed E-state index contributed by atoms with van der Waals surface area (Å²) in [4.78, 5) is 4.33. The maximum Gasteiger partial charge on any atom is 0.121 e. The van der Waals surface area contributed by atoms with Crippen molar-refractivity contribution in [2.24, 2.45) is 5.92 Å². The molecule has 1 aromatic heterocycles. The molecule has 0 saturated carbocycles. The Hall–Kier alpha value is -1.61. The minimum atomic E-state index is 0.516. The molecule has 0 spiro atoms. The van der Waals surface area contributed by atoms with Gasteiger partial charge in [0.1, 0.15) is 12.4 Å². The van der Waals surface area contributed by atoms with E-state index in [4.69, 9.17) is 4.74 Å². The lowest BCUT2D eigenvalue weighted by atomic mass is 10.1. The third kappa shape index (κ3) is 3.93. The van der Waals surface area contributed by atoms with Crippen LogP contribution in [0.15, 0.2) is 36.5 Å². The van der Waals surface area contributed by atoms with E-state index in [2.05, 4.69) is 37.1 Å². The molecule has 0 bridgehead atoms. The van der Waals surface area contributed by atoms with Gasteiger partial charge in [0.05, 0.1) is 5.52 Å². The first-order chi connectivity index (χ1) is 9.16. The van der Waals surface area contributed by atoms with Gasteiger partial charge in [0.25, 0.3) is 0 Å². The molecule has 0 radical (unpaired) electrons. The number of hydrogen-bond acceptors (Lipinski definition) is 3. The van der Waals surface area contributed by atoms with Crippen LogP contribution in [0.5, 0.6) is 5.75 Å². The van der Waals surface area contributed by atoms with Crippen LogP contribution >= 0.6 is 0 Å². The van der Waals surface area contributed by atoms with Gasteiger partial charge in [-0.2, -0.15) is 0 Å². The molecular weight excluding hydrogens is 236 g/mol. The predicted octanol–water partition coefficient (Wildman–Crippen LogP) is 3.25. The molecule has 3 heteroatoms. The molecule has 1 unspecified atom stereocenters. The van der Waals surface area contributed by atoms with Crippen molar-refractivity contribution in [3.63, 3.8) is 0 Å². The van der Waals surface area contributed by atoms with Gasteiger partial charge in [-0.15, -0.1) is 0 Å². The van der Waals surface area contributed by atoms with Gasteiger partial charge in [-0.1, -0.05) is 19.9 Å². The van der Waals surface area contributed by atoms with Gasteiger partial charge in [-0.25, -0.2) is 0 Å². The summed E-state index contributed by atoms with van der Waals surface area (Å²) in [7, 11) is 0. The summed E-state index contributed by atoms with van der Waals surface area (Å²) in [5.41, 5.74) is 0.975. The molecule has 0 aliphatic heterocycles. The van der Waals surface area contributed by atoms with E-state index in [-0.39, 0.29) is 0 Å². The van der Waals surface area contributed by atoms with E-state index in [0.717, 1.165) is 23.2 Å². The fourth-order valence-electron chi connectivity index (χ4n) is 1.83. The maximum absolute atomic E-state index is 5.74. The lowest BCUT2D eigenvalue weighted by Gasteiger charge is -2.17. The second-order valence-corrected chi connectivity index (χ2v) is 5.19. The first kappa shape index (κ1) is 13.8. The number of nitrogens with one attached hydrogen (secondary N) is 1. The van der Waals surface area contributed by atoms with Crippen molar-refractivity contribution < 1.29 is 4.74 Å². The lowest BCUT2D eigenvalue weighted by molar-refractivity contribution is 0.297. The normalized spacial score (nSPS) is 12.8. The smallest absolute Gasteiger partial charge is 0.121 e. The topological polar surface area (TPSA) is 34.1 Å². The SMILES string of the molecule is CC(C)C(C)NCCOc1ccc2cccnc2c1. The summed E-state index contributed by atoms with van der Waals surface area (Å²) in [5, 5.41) is 4.59. The van der Waals surface area contributed by atoms with Crippen molar-refractivity contribution in [1.29, 1.82) is 0 Å². The van der Waals surface area contributed by atoms with E-state index in [1.54, 1.807) is 6.20 Å². The fourth-order valence-corrected chi connectivity index (χ4v) is 1.83. The summed E-state index contributed by atoms with van der Waals surface area (Å²) in [5.74, 6) is 1.52. The number of nitrogens with zero attached hydrogens (tertiary/aromatic N) is 1. The minimum absolute atomic E-state index is 0.516. The van der Waals surface area contributed by atoms with Crippen LogP contribution in [0.3, 0.4) is 0 Å². The van der Waals surface area contributed by atoms with E-state index in [0.29, 0.717) is 18.6 Å². The van der Waals surface area contributed by atoms with Crippen molar-refractivity contribution >= 4 is 10.9 Å². The molecule has 3 nitrogen and oxygen atoms in total. The number of rotatable bonds is 6. The first-order valence-electron chi connectivity index (χ1n) is 6.88. The predicted molar refractivity (Wildman–Crippen MR) is 79.5 cm³/mol. The molecule has 1 aromatic carbocycles. The molecule has 0 amide bonds. The summed E-state index contributed by atoms with van der Waals surface area (Å²) >= 11 is 0. The maximum atomic E-state index is 5.74. The van der Waals surface area contributed by atoms with Crippen LogP contribution in [0.1, 0.15) is 20.8 Å². The Kier molecular flexibility index (Phi) is 4.74. The van der Waals surface area contributed by atoms with Gasteiger partial charge in [0.2, 0.25) is 0 Å². The van der Waals surface area contributed by atoms with Crippen LogP contribution in [-0.2, 0) is 0 Å². The Morgan fingerprint density at radius 1 is 1.21 bits per heavy atom. The van der Waals surface area contributed by atoms with Crippen LogP contribution in [-0.4, -0.2) is 24.2 Å². The number of benzene rings is 1. The summed E-state index contributed by atoms with van der Waals surface area (Å²) in [6.45, 7) is 8.17. The molecule has 2 rings (SSSR count). The summed E-state index contributed by atoms with van der Waals surface area (Å²) in [6.07, 6.45) is 1.80. The number of pyridine rings is 1. The van der Waals surface area contributed by atoms with Crippen molar-refractivity contribution in [3.8, 4) is 5.75 Å². The van der Waals surface area contributed by atoms with Crippen LogP contribution in [0.25, 0.3) is 10.9 Å². The largest absolute Gasteiger partial charge is 0.492 e. The summed E-state index contributed by atoms with van der Waals surface area (Å²) in [6, 6.07) is 10.5. The molecule has 0 aliphatic rings. The van der Waals surface area contributed by atoms with Crippen LogP contribution in [0.2, 0.25) is 0 Å². The molecule has 19 heavy (non-hydrogen) atoms. The van der Waals surface area contributed by atoms with E-state index in [1.165, 1.54) is 0 Å².